The molecule has 0 bridgehead atoms. The fraction of sp³-hybridized carbons (Fsp3) is 0.407. The van der Waals surface area contributed by atoms with Crippen molar-refractivity contribution in [2.24, 2.45) is 0 Å². The molecule has 0 saturated carbocycles. The molecule has 5 rings (SSSR count). The van der Waals surface area contributed by atoms with Crippen molar-refractivity contribution < 1.29 is 9.47 Å². The number of aryl methyl sites for hydroxylation is 1. The van der Waals surface area contributed by atoms with Crippen molar-refractivity contribution in [3.63, 3.8) is 0 Å². The summed E-state index contributed by atoms with van der Waals surface area (Å²) < 4.78 is 11.5. The highest BCUT2D eigenvalue weighted by atomic mass is 16.7. The van der Waals surface area contributed by atoms with Crippen LogP contribution < -0.4 is 0 Å². The third-order valence-corrected chi connectivity index (χ3v) is 6.40. The van der Waals surface area contributed by atoms with Gasteiger partial charge in [0.25, 0.3) is 0 Å². The number of benzene rings is 4. The molecule has 0 spiro atoms. The van der Waals surface area contributed by atoms with E-state index < -0.39 is 0 Å². The van der Waals surface area contributed by atoms with Crippen molar-refractivity contribution in [2.75, 3.05) is 13.2 Å². The van der Waals surface area contributed by atoms with Gasteiger partial charge in [-0.05, 0) is 76.4 Å². The van der Waals surface area contributed by atoms with Crippen LogP contribution in [0.1, 0.15) is 50.5 Å². The molecule has 150 valence electrons. The molecule has 1 fully saturated rings. The molecule has 0 aromatic heterocycles. The van der Waals surface area contributed by atoms with E-state index in [1.54, 1.807) is 0 Å². The summed E-state index contributed by atoms with van der Waals surface area (Å²) in [6, 6.07) is 20.4. The third-order valence-electron chi connectivity index (χ3n) is 6.40. The van der Waals surface area contributed by atoms with Gasteiger partial charge in [-0.1, -0.05) is 67.4 Å². The monoisotopic (exact) mass is 386 g/mol. The summed E-state index contributed by atoms with van der Waals surface area (Å²) in [5.74, 6) is 0. The number of unbranched alkanes of at least 4 members (excludes halogenated alkanes) is 3. The van der Waals surface area contributed by atoms with E-state index in [0.717, 1.165) is 32.5 Å². The van der Waals surface area contributed by atoms with Gasteiger partial charge in [0.05, 0.1) is 0 Å². The van der Waals surface area contributed by atoms with Crippen LogP contribution in [0.15, 0.2) is 54.6 Å². The first-order valence-electron chi connectivity index (χ1n) is 11.3. The Morgan fingerprint density at radius 1 is 0.759 bits per heavy atom. The number of rotatable bonds is 8. The SMILES string of the molecule is c1cc2ccc3ccc(CCCCCCOC4CCCCO4)c4ccc(c1)c2c34. The molecule has 1 atom stereocenters. The second-order valence-corrected chi connectivity index (χ2v) is 8.41. The minimum absolute atomic E-state index is 0.0564. The Morgan fingerprint density at radius 2 is 1.52 bits per heavy atom. The topological polar surface area (TPSA) is 18.5 Å². The molecule has 0 aliphatic carbocycles. The molecular weight excluding hydrogens is 356 g/mol. The Labute approximate surface area is 173 Å². The van der Waals surface area contributed by atoms with Gasteiger partial charge in [-0.25, -0.2) is 0 Å². The second kappa shape index (κ2) is 8.69. The smallest absolute Gasteiger partial charge is 0.157 e. The molecule has 1 aliphatic heterocycles. The number of hydrogen-bond donors (Lipinski definition) is 0. The summed E-state index contributed by atoms with van der Waals surface area (Å²) in [6.07, 6.45) is 9.57. The summed E-state index contributed by atoms with van der Waals surface area (Å²) >= 11 is 0. The predicted octanol–water partition coefficient (Wildman–Crippen LogP) is 7.23. The predicted molar refractivity (Wildman–Crippen MR) is 122 cm³/mol. The van der Waals surface area contributed by atoms with Crippen molar-refractivity contribution in [3.8, 4) is 0 Å². The van der Waals surface area contributed by atoms with Gasteiger partial charge in [-0.2, -0.15) is 0 Å². The zero-order chi connectivity index (χ0) is 19.5. The first-order chi connectivity index (χ1) is 14.4. The molecule has 0 radical (unpaired) electrons. The molecule has 1 aliphatic rings. The summed E-state index contributed by atoms with van der Waals surface area (Å²) in [5.41, 5.74) is 1.49. The van der Waals surface area contributed by atoms with Gasteiger partial charge in [-0.15, -0.1) is 0 Å². The normalized spacial score (nSPS) is 17.6. The maximum absolute atomic E-state index is 5.85. The summed E-state index contributed by atoms with van der Waals surface area (Å²) in [6.45, 7) is 1.70. The average molecular weight is 387 g/mol. The fourth-order valence-electron chi connectivity index (χ4n) is 4.84. The molecule has 4 aromatic carbocycles. The Morgan fingerprint density at radius 3 is 2.34 bits per heavy atom. The van der Waals surface area contributed by atoms with Crippen LogP contribution in [0, 0.1) is 0 Å². The van der Waals surface area contributed by atoms with Crippen molar-refractivity contribution in [1.82, 2.24) is 0 Å². The van der Waals surface area contributed by atoms with Crippen molar-refractivity contribution in [2.45, 2.75) is 57.7 Å². The highest BCUT2D eigenvalue weighted by Crippen LogP contribution is 2.36. The van der Waals surface area contributed by atoms with E-state index in [1.165, 1.54) is 70.0 Å². The average Bonchev–Trinajstić information content (AvgIpc) is 2.78. The lowest BCUT2D eigenvalue weighted by Crippen LogP contribution is -2.22. The van der Waals surface area contributed by atoms with Crippen LogP contribution in [0.3, 0.4) is 0 Å². The molecule has 2 heteroatoms. The summed E-state index contributed by atoms with van der Waals surface area (Å²) in [7, 11) is 0. The minimum atomic E-state index is 0.0564. The van der Waals surface area contributed by atoms with Crippen LogP contribution >= 0.6 is 0 Å². The van der Waals surface area contributed by atoms with Crippen molar-refractivity contribution >= 4 is 32.3 Å². The molecule has 1 saturated heterocycles. The van der Waals surface area contributed by atoms with Crippen LogP contribution in [0.2, 0.25) is 0 Å². The Kier molecular flexibility index (Phi) is 5.64. The maximum atomic E-state index is 5.85. The second-order valence-electron chi connectivity index (χ2n) is 8.41. The van der Waals surface area contributed by atoms with Gasteiger partial charge >= 0.3 is 0 Å². The Hall–Kier alpha value is -2.16. The summed E-state index contributed by atoms with van der Waals surface area (Å²) in [5, 5.41) is 8.35. The molecule has 0 N–H and O–H groups in total. The number of hydrogen-bond acceptors (Lipinski definition) is 2. The van der Waals surface area contributed by atoms with Crippen LogP contribution in [0.4, 0.5) is 0 Å². The molecule has 1 heterocycles. The van der Waals surface area contributed by atoms with Gasteiger partial charge in [0, 0.05) is 13.2 Å². The van der Waals surface area contributed by atoms with Gasteiger partial charge in [0.15, 0.2) is 6.29 Å². The van der Waals surface area contributed by atoms with E-state index >= 15 is 0 Å². The van der Waals surface area contributed by atoms with Gasteiger partial charge in [0.1, 0.15) is 0 Å². The highest BCUT2D eigenvalue weighted by Gasteiger charge is 2.13. The quantitative estimate of drug-likeness (QED) is 0.235. The third kappa shape index (κ3) is 3.97. The Bertz CT molecular complexity index is 1060. The highest BCUT2D eigenvalue weighted by molar-refractivity contribution is 6.23. The molecule has 29 heavy (non-hydrogen) atoms. The van der Waals surface area contributed by atoms with E-state index in [4.69, 9.17) is 9.47 Å². The molecule has 4 aromatic rings. The lowest BCUT2D eigenvalue weighted by atomic mass is 9.90. The van der Waals surface area contributed by atoms with Gasteiger partial charge in [0.2, 0.25) is 0 Å². The largest absolute Gasteiger partial charge is 0.353 e. The van der Waals surface area contributed by atoms with Crippen molar-refractivity contribution in [1.29, 1.82) is 0 Å². The lowest BCUT2D eigenvalue weighted by molar-refractivity contribution is -0.162. The number of ether oxygens (including phenoxy) is 2. The maximum Gasteiger partial charge on any atom is 0.157 e. The zero-order valence-corrected chi connectivity index (χ0v) is 17.2. The van der Waals surface area contributed by atoms with Gasteiger partial charge < -0.3 is 9.47 Å². The van der Waals surface area contributed by atoms with Crippen LogP contribution in [-0.4, -0.2) is 19.5 Å². The van der Waals surface area contributed by atoms with E-state index in [1.807, 2.05) is 0 Å². The van der Waals surface area contributed by atoms with Crippen LogP contribution in [0.25, 0.3) is 32.3 Å². The molecule has 2 nitrogen and oxygen atoms in total. The van der Waals surface area contributed by atoms with Crippen LogP contribution in [0.5, 0.6) is 0 Å². The fourth-order valence-corrected chi connectivity index (χ4v) is 4.84. The molecule has 0 amide bonds. The first-order valence-corrected chi connectivity index (χ1v) is 11.3. The standard InChI is InChI=1S/C27H30O2/c1(2-5-18-28-25-11-4-6-19-29-25)3-8-20-12-13-23-15-14-21-9-7-10-22-16-17-24(20)27(23)26(21)22/h7,9-10,12-17,25H,1-6,8,11,18-19H2. The zero-order valence-electron chi connectivity index (χ0n) is 17.2. The van der Waals surface area contributed by atoms with E-state index in [2.05, 4.69) is 54.6 Å². The lowest BCUT2D eigenvalue weighted by Gasteiger charge is -2.22. The molecule has 1 unspecified atom stereocenters. The van der Waals surface area contributed by atoms with Crippen molar-refractivity contribution in [3.05, 3.63) is 60.2 Å². The van der Waals surface area contributed by atoms with E-state index in [9.17, 15) is 0 Å². The van der Waals surface area contributed by atoms with Gasteiger partial charge in [-0.3, -0.25) is 0 Å². The minimum Gasteiger partial charge on any atom is -0.353 e. The summed E-state index contributed by atoms with van der Waals surface area (Å²) in [4.78, 5) is 0. The first kappa shape index (κ1) is 18.8. The van der Waals surface area contributed by atoms with E-state index in [0.29, 0.717) is 0 Å². The van der Waals surface area contributed by atoms with E-state index in [-0.39, 0.29) is 6.29 Å². The Balaban J connectivity index is 1.20. The van der Waals surface area contributed by atoms with Crippen LogP contribution in [-0.2, 0) is 15.9 Å². The molecular formula is C27H30O2.